The Balaban J connectivity index is 1.13. The lowest BCUT2D eigenvalue weighted by Gasteiger charge is -2.28. The SMILES string of the molecule is NCC1CCC(C(=O)NC(Cc2ccc(-c3ccc(C(=O)N4CCNCC4)cc3)cc2)C(=O)Nc2ccc(-c3nn[nH]n3)cc2)CC1. The van der Waals surface area contributed by atoms with Crippen LogP contribution in [0.1, 0.15) is 41.6 Å². The largest absolute Gasteiger partial charge is 0.344 e. The zero-order valence-corrected chi connectivity index (χ0v) is 26.3. The topological polar surface area (TPSA) is 171 Å². The number of hydrogen-bond donors (Lipinski definition) is 5. The molecule has 2 heterocycles. The van der Waals surface area contributed by atoms with Crippen LogP contribution in [0.2, 0.25) is 0 Å². The van der Waals surface area contributed by atoms with Gasteiger partial charge in [-0.15, -0.1) is 10.2 Å². The van der Waals surface area contributed by atoms with Crippen LogP contribution >= 0.6 is 0 Å². The summed E-state index contributed by atoms with van der Waals surface area (Å²) >= 11 is 0. The Bertz CT molecular complexity index is 1630. The molecule has 1 aliphatic heterocycles. The molecular weight excluding hydrogens is 594 g/mol. The molecule has 1 aromatic heterocycles. The standard InChI is InChI=1S/C35H41N9O3/c36-22-24-3-7-28(8-4-24)33(45)39-31(34(46)38-30-15-13-27(14-16-30)32-40-42-43-41-32)21-23-1-5-25(6-2-23)26-9-11-29(12-10-26)35(47)44-19-17-37-18-20-44/h1-2,5-6,9-16,24,28,31,37H,3-4,7-8,17-22,36H2,(H,38,46)(H,39,45)(H,40,41,42,43). The summed E-state index contributed by atoms with van der Waals surface area (Å²) in [7, 11) is 0. The predicted octanol–water partition coefficient (Wildman–Crippen LogP) is 3.01. The molecule has 1 atom stereocenters. The van der Waals surface area contributed by atoms with Crippen LogP contribution in [0.4, 0.5) is 5.69 Å². The minimum atomic E-state index is -0.771. The Morgan fingerprint density at radius 3 is 2.11 bits per heavy atom. The van der Waals surface area contributed by atoms with Crippen molar-refractivity contribution in [2.24, 2.45) is 17.6 Å². The molecule has 0 bridgehead atoms. The van der Waals surface area contributed by atoms with Gasteiger partial charge in [0.25, 0.3) is 5.91 Å². The summed E-state index contributed by atoms with van der Waals surface area (Å²) in [4.78, 5) is 41.7. The molecule has 3 amide bonds. The molecular formula is C35H41N9O3. The lowest BCUT2D eigenvalue weighted by Crippen LogP contribution is -2.48. The Hall–Kier alpha value is -4.94. The van der Waals surface area contributed by atoms with Crippen LogP contribution in [-0.2, 0) is 16.0 Å². The molecule has 1 unspecified atom stereocenters. The highest BCUT2D eigenvalue weighted by molar-refractivity contribution is 5.98. The fourth-order valence-corrected chi connectivity index (χ4v) is 6.30. The van der Waals surface area contributed by atoms with E-state index in [1.54, 1.807) is 24.3 Å². The van der Waals surface area contributed by atoms with Gasteiger partial charge < -0.3 is 26.6 Å². The van der Waals surface area contributed by atoms with E-state index in [1.807, 2.05) is 53.4 Å². The molecule has 0 radical (unpaired) electrons. The van der Waals surface area contributed by atoms with Crippen LogP contribution < -0.4 is 21.7 Å². The van der Waals surface area contributed by atoms with E-state index in [4.69, 9.17) is 5.73 Å². The molecule has 4 aromatic rings. The van der Waals surface area contributed by atoms with Crippen molar-refractivity contribution >= 4 is 23.4 Å². The third-order valence-corrected chi connectivity index (χ3v) is 9.20. The summed E-state index contributed by atoms with van der Waals surface area (Å²) < 4.78 is 0. The van der Waals surface area contributed by atoms with Gasteiger partial charge in [0.05, 0.1) is 0 Å². The van der Waals surface area contributed by atoms with Crippen molar-refractivity contribution in [1.29, 1.82) is 0 Å². The van der Waals surface area contributed by atoms with Crippen LogP contribution in [0.15, 0.2) is 72.8 Å². The molecule has 47 heavy (non-hydrogen) atoms. The van der Waals surface area contributed by atoms with E-state index in [-0.39, 0.29) is 23.6 Å². The number of carbonyl (C=O) groups is 3. The summed E-state index contributed by atoms with van der Waals surface area (Å²) in [6.07, 6.45) is 3.71. The zero-order valence-electron chi connectivity index (χ0n) is 26.3. The van der Waals surface area contributed by atoms with Crippen molar-refractivity contribution in [3.05, 3.63) is 83.9 Å². The molecule has 3 aromatic carbocycles. The van der Waals surface area contributed by atoms with Gasteiger partial charge in [-0.1, -0.05) is 36.4 Å². The first-order chi connectivity index (χ1) is 23.0. The molecule has 2 aliphatic rings. The number of aromatic amines is 1. The number of rotatable bonds is 10. The molecule has 1 saturated carbocycles. The molecule has 12 heteroatoms. The van der Waals surface area contributed by atoms with Gasteiger partial charge >= 0.3 is 0 Å². The van der Waals surface area contributed by atoms with Crippen molar-refractivity contribution in [3.8, 4) is 22.5 Å². The lowest BCUT2D eigenvalue weighted by molar-refractivity contribution is -0.130. The third-order valence-electron chi connectivity index (χ3n) is 9.20. The normalized spacial score (nSPS) is 18.7. The number of carbonyl (C=O) groups excluding carboxylic acids is 3. The molecule has 12 nitrogen and oxygen atoms in total. The zero-order chi connectivity index (χ0) is 32.6. The third kappa shape index (κ3) is 8.08. The Morgan fingerprint density at radius 1 is 0.851 bits per heavy atom. The van der Waals surface area contributed by atoms with E-state index in [1.165, 1.54) is 0 Å². The highest BCUT2D eigenvalue weighted by Gasteiger charge is 2.29. The first-order valence-corrected chi connectivity index (χ1v) is 16.3. The lowest BCUT2D eigenvalue weighted by atomic mass is 9.81. The van der Waals surface area contributed by atoms with Crippen LogP contribution in [-0.4, -0.2) is 82.0 Å². The number of anilines is 1. The fourth-order valence-electron chi connectivity index (χ4n) is 6.30. The van der Waals surface area contributed by atoms with E-state index in [0.717, 1.165) is 61.0 Å². The summed E-state index contributed by atoms with van der Waals surface area (Å²) in [5.74, 6) is 0.438. The van der Waals surface area contributed by atoms with E-state index in [0.29, 0.717) is 49.0 Å². The van der Waals surface area contributed by atoms with Crippen molar-refractivity contribution in [3.63, 3.8) is 0 Å². The quantitative estimate of drug-likeness (QED) is 0.177. The van der Waals surface area contributed by atoms with Gasteiger partial charge in [-0.05, 0) is 96.4 Å². The minimum absolute atomic E-state index is 0.0510. The second-order valence-electron chi connectivity index (χ2n) is 12.3. The number of nitrogens with one attached hydrogen (secondary N) is 4. The van der Waals surface area contributed by atoms with Crippen LogP contribution in [0.5, 0.6) is 0 Å². The number of benzene rings is 3. The van der Waals surface area contributed by atoms with E-state index >= 15 is 0 Å². The maximum Gasteiger partial charge on any atom is 0.253 e. The Morgan fingerprint density at radius 2 is 1.49 bits per heavy atom. The Kier molecular flexibility index (Phi) is 10.3. The van der Waals surface area contributed by atoms with Gasteiger partial charge in [0, 0.05) is 55.3 Å². The van der Waals surface area contributed by atoms with Crippen LogP contribution in [0.3, 0.4) is 0 Å². The molecule has 6 N–H and O–H groups in total. The van der Waals surface area contributed by atoms with E-state index in [9.17, 15) is 14.4 Å². The van der Waals surface area contributed by atoms with Gasteiger partial charge in [0.2, 0.25) is 17.6 Å². The molecule has 1 aliphatic carbocycles. The number of H-pyrrole nitrogens is 1. The number of piperazine rings is 1. The number of hydrogen-bond acceptors (Lipinski definition) is 8. The monoisotopic (exact) mass is 635 g/mol. The van der Waals surface area contributed by atoms with E-state index < -0.39 is 6.04 Å². The molecule has 2 fully saturated rings. The maximum absolute atomic E-state index is 13.6. The summed E-state index contributed by atoms with van der Waals surface area (Å²) in [5.41, 5.74) is 10.8. The Labute approximate surface area is 273 Å². The van der Waals surface area contributed by atoms with Crippen LogP contribution in [0, 0.1) is 11.8 Å². The minimum Gasteiger partial charge on any atom is -0.344 e. The maximum atomic E-state index is 13.6. The number of nitrogens with zero attached hydrogens (tertiary/aromatic N) is 4. The van der Waals surface area contributed by atoms with Gasteiger partial charge in [0.15, 0.2) is 0 Å². The van der Waals surface area contributed by atoms with Crippen molar-refractivity contribution in [2.75, 3.05) is 38.0 Å². The fraction of sp³-hybridized carbons (Fsp3) is 0.371. The number of aromatic nitrogens is 4. The molecule has 6 rings (SSSR count). The number of tetrazole rings is 1. The van der Waals surface area contributed by atoms with Crippen molar-refractivity contribution in [1.82, 2.24) is 36.2 Å². The number of amides is 3. The van der Waals surface area contributed by atoms with Crippen LogP contribution in [0.25, 0.3) is 22.5 Å². The first kappa shape index (κ1) is 32.0. The average Bonchev–Trinajstić information content (AvgIpc) is 3.67. The molecule has 244 valence electrons. The first-order valence-electron chi connectivity index (χ1n) is 16.3. The highest BCUT2D eigenvalue weighted by Crippen LogP contribution is 2.29. The summed E-state index contributed by atoms with van der Waals surface area (Å²) in [6.45, 7) is 3.69. The average molecular weight is 636 g/mol. The predicted molar refractivity (Wildman–Crippen MR) is 179 cm³/mol. The summed E-state index contributed by atoms with van der Waals surface area (Å²) in [6, 6.07) is 22.0. The van der Waals surface area contributed by atoms with Gasteiger partial charge in [-0.3, -0.25) is 14.4 Å². The van der Waals surface area contributed by atoms with Gasteiger partial charge in [-0.2, -0.15) is 5.21 Å². The van der Waals surface area contributed by atoms with Crippen molar-refractivity contribution in [2.45, 2.75) is 38.1 Å². The second kappa shape index (κ2) is 15.1. The highest BCUT2D eigenvalue weighted by atomic mass is 16.2. The van der Waals surface area contributed by atoms with Gasteiger partial charge in [0.1, 0.15) is 6.04 Å². The summed E-state index contributed by atoms with van der Waals surface area (Å²) in [5, 5.41) is 23.3. The number of nitrogens with two attached hydrogens (primary N) is 1. The smallest absolute Gasteiger partial charge is 0.253 e. The molecule has 0 spiro atoms. The molecule has 1 saturated heterocycles. The van der Waals surface area contributed by atoms with E-state index in [2.05, 4.69) is 36.6 Å². The second-order valence-corrected chi connectivity index (χ2v) is 12.3. The van der Waals surface area contributed by atoms with Gasteiger partial charge in [-0.25, -0.2) is 0 Å². The van der Waals surface area contributed by atoms with Crippen molar-refractivity contribution < 1.29 is 14.4 Å².